The molecule has 1 fully saturated rings. The van der Waals surface area contributed by atoms with Gasteiger partial charge in [-0.3, -0.25) is 4.98 Å². The standard InChI is InChI=1S/C16H19N3O/c1-12-4-2-6-14(8-12)20-16-11-18-10-15(19-16)13-5-3-7-17-9-13/h2,4,6,8,10-11,13,17H,3,5,7,9H2,1H3. The molecule has 0 saturated carbocycles. The summed E-state index contributed by atoms with van der Waals surface area (Å²) in [6.45, 7) is 4.12. The van der Waals surface area contributed by atoms with E-state index in [-0.39, 0.29) is 0 Å². The molecule has 104 valence electrons. The largest absolute Gasteiger partial charge is 0.437 e. The average Bonchev–Trinajstić information content (AvgIpc) is 2.48. The summed E-state index contributed by atoms with van der Waals surface area (Å²) in [7, 11) is 0. The summed E-state index contributed by atoms with van der Waals surface area (Å²) in [5.74, 6) is 1.81. The molecule has 1 saturated heterocycles. The van der Waals surface area contributed by atoms with Crippen LogP contribution in [0, 0.1) is 6.92 Å². The Kier molecular flexibility index (Phi) is 3.92. The molecule has 4 nitrogen and oxygen atoms in total. The Labute approximate surface area is 119 Å². The Morgan fingerprint density at radius 2 is 2.25 bits per heavy atom. The van der Waals surface area contributed by atoms with Gasteiger partial charge in [0, 0.05) is 18.7 Å². The Morgan fingerprint density at radius 3 is 3.05 bits per heavy atom. The van der Waals surface area contributed by atoms with E-state index in [1.54, 1.807) is 6.20 Å². The summed E-state index contributed by atoms with van der Waals surface area (Å²) >= 11 is 0. The fourth-order valence-corrected chi connectivity index (χ4v) is 2.51. The maximum atomic E-state index is 5.80. The summed E-state index contributed by atoms with van der Waals surface area (Å²) in [5.41, 5.74) is 2.19. The number of nitrogens with zero attached hydrogens (tertiary/aromatic N) is 2. The van der Waals surface area contributed by atoms with Gasteiger partial charge in [-0.25, -0.2) is 4.98 Å². The van der Waals surface area contributed by atoms with Crippen molar-refractivity contribution in [1.29, 1.82) is 0 Å². The van der Waals surface area contributed by atoms with E-state index in [1.165, 1.54) is 12.0 Å². The summed E-state index contributed by atoms with van der Waals surface area (Å²) in [4.78, 5) is 8.86. The number of benzene rings is 1. The molecule has 2 heterocycles. The van der Waals surface area contributed by atoms with Crippen molar-refractivity contribution in [2.45, 2.75) is 25.7 Å². The molecule has 1 atom stereocenters. The van der Waals surface area contributed by atoms with Crippen LogP contribution in [-0.4, -0.2) is 23.1 Å². The lowest BCUT2D eigenvalue weighted by Gasteiger charge is -2.22. The highest BCUT2D eigenvalue weighted by molar-refractivity contribution is 5.30. The molecule has 0 spiro atoms. The first kappa shape index (κ1) is 13.1. The van der Waals surface area contributed by atoms with Crippen LogP contribution < -0.4 is 10.1 Å². The van der Waals surface area contributed by atoms with Crippen molar-refractivity contribution in [3.8, 4) is 11.6 Å². The van der Waals surface area contributed by atoms with E-state index in [9.17, 15) is 0 Å². The van der Waals surface area contributed by atoms with E-state index in [0.29, 0.717) is 11.8 Å². The van der Waals surface area contributed by atoms with E-state index in [4.69, 9.17) is 4.74 Å². The fourth-order valence-electron chi connectivity index (χ4n) is 2.51. The fraction of sp³-hybridized carbons (Fsp3) is 0.375. The van der Waals surface area contributed by atoms with Gasteiger partial charge in [-0.1, -0.05) is 12.1 Å². The van der Waals surface area contributed by atoms with Gasteiger partial charge >= 0.3 is 0 Å². The Hall–Kier alpha value is -1.94. The number of hydrogen-bond donors (Lipinski definition) is 1. The zero-order valence-corrected chi connectivity index (χ0v) is 11.7. The lowest BCUT2D eigenvalue weighted by molar-refractivity contribution is 0.431. The Bertz CT molecular complexity index is 579. The number of rotatable bonds is 3. The molecule has 1 aromatic heterocycles. The zero-order valence-electron chi connectivity index (χ0n) is 11.7. The number of aryl methyl sites for hydroxylation is 1. The van der Waals surface area contributed by atoms with Gasteiger partial charge in [0.15, 0.2) is 0 Å². The predicted molar refractivity (Wildman–Crippen MR) is 78.1 cm³/mol. The molecular formula is C16H19N3O. The van der Waals surface area contributed by atoms with Crippen molar-refractivity contribution < 1.29 is 4.74 Å². The zero-order chi connectivity index (χ0) is 13.8. The van der Waals surface area contributed by atoms with Crippen LogP contribution in [0.5, 0.6) is 11.6 Å². The second-order valence-corrected chi connectivity index (χ2v) is 5.24. The highest BCUT2D eigenvalue weighted by Gasteiger charge is 2.17. The average molecular weight is 269 g/mol. The third-order valence-electron chi connectivity index (χ3n) is 3.56. The quantitative estimate of drug-likeness (QED) is 0.930. The molecule has 1 aliphatic rings. The first-order valence-electron chi connectivity index (χ1n) is 7.08. The SMILES string of the molecule is Cc1cccc(Oc2cncc(C3CCCNC3)n2)c1. The van der Waals surface area contributed by atoms with Gasteiger partial charge in [0.2, 0.25) is 5.88 Å². The van der Waals surface area contributed by atoms with Gasteiger partial charge in [0.05, 0.1) is 11.9 Å². The molecule has 3 rings (SSSR count). The Balaban J connectivity index is 1.77. The number of piperidine rings is 1. The van der Waals surface area contributed by atoms with Crippen LogP contribution >= 0.6 is 0 Å². The topological polar surface area (TPSA) is 47.0 Å². The molecule has 20 heavy (non-hydrogen) atoms. The lowest BCUT2D eigenvalue weighted by atomic mass is 9.97. The van der Waals surface area contributed by atoms with Crippen molar-refractivity contribution in [3.05, 3.63) is 47.9 Å². The number of nitrogens with one attached hydrogen (secondary N) is 1. The molecule has 1 aliphatic heterocycles. The maximum Gasteiger partial charge on any atom is 0.238 e. The summed E-state index contributed by atoms with van der Waals surface area (Å²) < 4.78 is 5.80. The molecular weight excluding hydrogens is 250 g/mol. The number of hydrogen-bond acceptors (Lipinski definition) is 4. The van der Waals surface area contributed by atoms with Crippen molar-refractivity contribution >= 4 is 0 Å². The van der Waals surface area contributed by atoms with Gasteiger partial charge < -0.3 is 10.1 Å². The first-order chi connectivity index (χ1) is 9.81. The van der Waals surface area contributed by atoms with E-state index < -0.39 is 0 Å². The Morgan fingerprint density at radius 1 is 1.30 bits per heavy atom. The van der Waals surface area contributed by atoms with Crippen molar-refractivity contribution in [3.63, 3.8) is 0 Å². The highest BCUT2D eigenvalue weighted by atomic mass is 16.5. The van der Waals surface area contributed by atoms with Gasteiger partial charge in [0.1, 0.15) is 5.75 Å². The first-order valence-corrected chi connectivity index (χ1v) is 7.08. The van der Waals surface area contributed by atoms with Crippen LogP contribution in [-0.2, 0) is 0 Å². The summed E-state index contributed by atoms with van der Waals surface area (Å²) in [6, 6.07) is 7.95. The normalized spacial score (nSPS) is 18.8. The van der Waals surface area contributed by atoms with Crippen LogP contribution in [0.1, 0.15) is 30.0 Å². The minimum Gasteiger partial charge on any atom is -0.437 e. The van der Waals surface area contributed by atoms with Gasteiger partial charge in [0.25, 0.3) is 0 Å². The monoisotopic (exact) mass is 269 g/mol. The molecule has 0 amide bonds. The minimum absolute atomic E-state index is 0.442. The third kappa shape index (κ3) is 3.14. The van der Waals surface area contributed by atoms with Crippen molar-refractivity contribution in [1.82, 2.24) is 15.3 Å². The molecule has 0 bridgehead atoms. The van der Waals surface area contributed by atoms with Crippen LogP contribution in [0.25, 0.3) is 0 Å². The molecule has 2 aromatic rings. The van der Waals surface area contributed by atoms with Gasteiger partial charge in [-0.05, 0) is 44.0 Å². The van der Waals surface area contributed by atoms with Crippen molar-refractivity contribution in [2.75, 3.05) is 13.1 Å². The van der Waals surface area contributed by atoms with Gasteiger partial charge in [-0.2, -0.15) is 0 Å². The summed E-state index contributed by atoms with van der Waals surface area (Å²) in [6.07, 6.45) is 5.87. The molecule has 1 aromatic carbocycles. The van der Waals surface area contributed by atoms with E-state index in [2.05, 4.69) is 15.3 Å². The highest BCUT2D eigenvalue weighted by Crippen LogP contribution is 2.24. The molecule has 1 N–H and O–H groups in total. The number of aromatic nitrogens is 2. The number of ether oxygens (including phenoxy) is 1. The van der Waals surface area contributed by atoms with Gasteiger partial charge in [-0.15, -0.1) is 0 Å². The smallest absolute Gasteiger partial charge is 0.238 e. The van der Waals surface area contributed by atoms with Crippen LogP contribution in [0.4, 0.5) is 0 Å². The van der Waals surface area contributed by atoms with Crippen LogP contribution in [0.2, 0.25) is 0 Å². The van der Waals surface area contributed by atoms with E-state index in [1.807, 2.05) is 37.4 Å². The maximum absolute atomic E-state index is 5.80. The predicted octanol–water partition coefficient (Wildman–Crippen LogP) is 3.04. The molecule has 0 aliphatic carbocycles. The van der Waals surface area contributed by atoms with E-state index in [0.717, 1.165) is 31.0 Å². The molecule has 1 unspecified atom stereocenters. The van der Waals surface area contributed by atoms with E-state index >= 15 is 0 Å². The summed E-state index contributed by atoms with van der Waals surface area (Å²) in [5, 5.41) is 3.40. The van der Waals surface area contributed by atoms with Crippen molar-refractivity contribution in [2.24, 2.45) is 0 Å². The second-order valence-electron chi connectivity index (χ2n) is 5.24. The second kappa shape index (κ2) is 6.01. The van der Waals surface area contributed by atoms with Crippen LogP contribution in [0.3, 0.4) is 0 Å². The third-order valence-corrected chi connectivity index (χ3v) is 3.56. The minimum atomic E-state index is 0.442. The molecule has 4 heteroatoms. The van der Waals surface area contributed by atoms with Crippen LogP contribution in [0.15, 0.2) is 36.7 Å². The molecule has 0 radical (unpaired) electrons. The lowest BCUT2D eigenvalue weighted by Crippen LogP contribution is -2.28.